The number of carboxylic acids is 1. The van der Waals surface area contributed by atoms with Crippen LogP contribution in [0.5, 0.6) is 0 Å². The van der Waals surface area contributed by atoms with Gasteiger partial charge in [0.05, 0.1) is 23.0 Å². The van der Waals surface area contributed by atoms with Crippen LogP contribution in [0, 0.1) is 0 Å². The Morgan fingerprint density at radius 3 is 2.79 bits per heavy atom. The maximum atomic E-state index is 11.7. The van der Waals surface area contributed by atoms with Gasteiger partial charge in [0.15, 0.2) is 0 Å². The zero-order valence-electron chi connectivity index (χ0n) is 9.68. The number of carboxylic acid groups (broad SMARTS) is 1. The molecule has 0 spiro atoms. The normalized spacial score (nSPS) is 10.4. The summed E-state index contributed by atoms with van der Waals surface area (Å²) in [6, 6.07) is 5.15. The van der Waals surface area contributed by atoms with Gasteiger partial charge in [-0.15, -0.1) is 11.3 Å². The molecule has 2 heterocycles. The number of hydrogen-bond acceptors (Lipinski definition) is 4. The van der Waals surface area contributed by atoms with Gasteiger partial charge in [0.1, 0.15) is 11.3 Å². The summed E-state index contributed by atoms with van der Waals surface area (Å²) in [6.07, 6.45) is 1.18. The number of carbonyl (C=O) groups excluding carboxylic acids is 1. The molecule has 0 bridgehead atoms. The second kappa shape index (κ2) is 6.03. The highest BCUT2D eigenvalue weighted by Gasteiger charge is 2.16. The first kappa shape index (κ1) is 13.8. The third kappa shape index (κ3) is 3.68. The van der Waals surface area contributed by atoms with Gasteiger partial charge in [-0.1, -0.05) is 0 Å². The van der Waals surface area contributed by atoms with Crippen LogP contribution >= 0.6 is 27.3 Å². The minimum Gasteiger partial charge on any atom is -0.478 e. The van der Waals surface area contributed by atoms with Gasteiger partial charge < -0.3 is 14.8 Å². The van der Waals surface area contributed by atoms with Crippen LogP contribution in [-0.4, -0.2) is 17.0 Å². The van der Waals surface area contributed by atoms with Gasteiger partial charge in [0, 0.05) is 4.88 Å². The second-order valence-electron chi connectivity index (χ2n) is 3.72. The summed E-state index contributed by atoms with van der Waals surface area (Å²) < 4.78 is 6.00. The summed E-state index contributed by atoms with van der Waals surface area (Å²) in [5.74, 6) is -1.21. The molecule has 19 heavy (non-hydrogen) atoms. The van der Waals surface area contributed by atoms with Crippen LogP contribution in [0.3, 0.4) is 0 Å². The number of amides is 1. The van der Waals surface area contributed by atoms with E-state index in [1.807, 2.05) is 12.1 Å². The highest BCUT2D eigenvalue weighted by atomic mass is 79.9. The van der Waals surface area contributed by atoms with E-state index in [0.29, 0.717) is 6.54 Å². The third-order valence-electron chi connectivity index (χ3n) is 2.39. The van der Waals surface area contributed by atoms with Crippen LogP contribution in [0.4, 0.5) is 0 Å². The lowest BCUT2D eigenvalue weighted by atomic mass is 10.2. The molecule has 2 rings (SSSR count). The van der Waals surface area contributed by atoms with E-state index in [-0.39, 0.29) is 23.7 Å². The van der Waals surface area contributed by atoms with Crippen molar-refractivity contribution in [3.05, 3.63) is 44.4 Å². The van der Waals surface area contributed by atoms with Crippen LogP contribution in [0.15, 0.2) is 32.7 Å². The van der Waals surface area contributed by atoms with E-state index in [1.54, 1.807) is 0 Å². The van der Waals surface area contributed by atoms with Crippen LogP contribution in [0.25, 0.3) is 0 Å². The van der Waals surface area contributed by atoms with Gasteiger partial charge >= 0.3 is 5.97 Å². The van der Waals surface area contributed by atoms with Crippen molar-refractivity contribution < 1.29 is 19.1 Å². The molecule has 100 valence electrons. The Labute approximate surface area is 121 Å². The summed E-state index contributed by atoms with van der Waals surface area (Å²) in [6.45, 7) is 0.415. The molecule has 7 heteroatoms. The van der Waals surface area contributed by atoms with Gasteiger partial charge in [-0.05, 0) is 34.1 Å². The first-order valence-electron chi connectivity index (χ1n) is 5.37. The van der Waals surface area contributed by atoms with Crippen molar-refractivity contribution in [1.82, 2.24) is 5.32 Å². The molecule has 0 aromatic carbocycles. The van der Waals surface area contributed by atoms with Gasteiger partial charge in [-0.2, -0.15) is 0 Å². The Balaban J connectivity index is 1.90. The van der Waals surface area contributed by atoms with E-state index in [9.17, 15) is 9.59 Å². The molecular formula is C12H10BrNO4S. The first-order valence-corrected chi connectivity index (χ1v) is 6.98. The maximum Gasteiger partial charge on any atom is 0.339 e. The van der Waals surface area contributed by atoms with E-state index >= 15 is 0 Å². The summed E-state index contributed by atoms with van der Waals surface area (Å²) >= 11 is 4.87. The molecule has 0 saturated carbocycles. The van der Waals surface area contributed by atoms with E-state index in [4.69, 9.17) is 9.52 Å². The van der Waals surface area contributed by atoms with Crippen molar-refractivity contribution in [2.24, 2.45) is 0 Å². The van der Waals surface area contributed by atoms with Gasteiger partial charge in [-0.3, -0.25) is 4.79 Å². The lowest BCUT2D eigenvalue weighted by Gasteiger charge is -2.02. The summed E-state index contributed by atoms with van der Waals surface area (Å²) in [5, 5.41) is 11.6. The molecular weight excluding hydrogens is 334 g/mol. The Morgan fingerprint density at radius 1 is 1.37 bits per heavy atom. The fourth-order valence-electron chi connectivity index (χ4n) is 1.51. The van der Waals surface area contributed by atoms with Crippen molar-refractivity contribution in [3.8, 4) is 0 Å². The summed E-state index contributed by atoms with van der Waals surface area (Å²) in [4.78, 5) is 23.6. The highest BCUT2D eigenvalue weighted by molar-refractivity contribution is 9.11. The summed E-state index contributed by atoms with van der Waals surface area (Å²) in [5.41, 5.74) is 0.0222. The number of rotatable bonds is 5. The highest BCUT2D eigenvalue weighted by Crippen LogP contribution is 2.21. The van der Waals surface area contributed by atoms with E-state index in [0.717, 1.165) is 8.66 Å². The molecule has 0 aliphatic heterocycles. The zero-order chi connectivity index (χ0) is 13.8. The number of aromatic carboxylic acids is 1. The number of halogens is 1. The molecule has 0 atom stereocenters. The molecule has 0 aliphatic carbocycles. The van der Waals surface area contributed by atoms with E-state index in [1.165, 1.54) is 23.7 Å². The number of furan rings is 1. The molecule has 0 fully saturated rings. The first-order chi connectivity index (χ1) is 9.06. The molecule has 2 aromatic heterocycles. The second-order valence-corrected chi connectivity index (χ2v) is 6.27. The quantitative estimate of drug-likeness (QED) is 0.874. The lowest BCUT2D eigenvalue weighted by molar-refractivity contribution is -0.120. The van der Waals surface area contributed by atoms with Crippen molar-refractivity contribution in [1.29, 1.82) is 0 Å². The Kier molecular flexibility index (Phi) is 4.39. The van der Waals surface area contributed by atoms with Crippen LogP contribution in [0.1, 0.15) is 21.0 Å². The summed E-state index contributed by atoms with van der Waals surface area (Å²) in [7, 11) is 0. The van der Waals surface area contributed by atoms with Crippen molar-refractivity contribution in [3.63, 3.8) is 0 Å². The molecule has 0 aliphatic rings. The predicted octanol–water partition coefficient (Wildman–Crippen LogP) is 2.66. The van der Waals surface area contributed by atoms with E-state index < -0.39 is 5.97 Å². The standard InChI is InChI=1S/C12H10BrNO4S/c13-10-2-1-7(19-10)6-14-11(15)5-9-8(12(16)17)3-4-18-9/h1-4H,5-6H2,(H,14,15)(H,16,17). The monoisotopic (exact) mass is 343 g/mol. The number of nitrogens with one attached hydrogen (secondary N) is 1. The molecule has 0 unspecified atom stereocenters. The van der Waals surface area contributed by atoms with Crippen molar-refractivity contribution in [2.45, 2.75) is 13.0 Å². The Bertz CT molecular complexity index is 604. The molecule has 0 radical (unpaired) electrons. The van der Waals surface area contributed by atoms with Crippen molar-refractivity contribution in [2.75, 3.05) is 0 Å². The Hall–Kier alpha value is -1.60. The van der Waals surface area contributed by atoms with Crippen molar-refractivity contribution >= 4 is 39.1 Å². The Morgan fingerprint density at radius 2 is 2.16 bits per heavy atom. The fraction of sp³-hybridized carbons (Fsp3) is 0.167. The third-order valence-corrected chi connectivity index (χ3v) is 4.01. The molecule has 2 N–H and O–H groups in total. The van der Waals surface area contributed by atoms with Crippen LogP contribution in [-0.2, 0) is 17.8 Å². The fourth-order valence-corrected chi connectivity index (χ4v) is 2.93. The van der Waals surface area contributed by atoms with Gasteiger partial charge in [-0.25, -0.2) is 4.79 Å². The number of carbonyl (C=O) groups is 2. The minimum atomic E-state index is -1.10. The molecule has 2 aromatic rings. The maximum absolute atomic E-state index is 11.7. The van der Waals surface area contributed by atoms with Crippen LogP contribution in [0.2, 0.25) is 0 Å². The average Bonchev–Trinajstić information content (AvgIpc) is 2.95. The molecule has 0 saturated heterocycles. The minimum absolute atomic E-state index is 0.0222. The SMILES string of the molecule is O=C(Cc1occc1C(=O)O)NCc1ccc(Br)s1. The largest absolute Gasteiger partial charge is 0.478 e. The van der Waals surface area contributed by atoms with Gasteiger partial charge in [0.25, 0.3) is 0 Å². The molecule has 1 amide bonds. The molecule has 5 nitrogen and oxygen atoms in total. The number of thiophene rings is 1. The predicted molar refractivity (Wildman–Crippen MR) is 73.2 cm³/mol. The lowest BCUT2D eigenvalue weighted by Crippen LogP contribution is -2.24. The zero-order valence-corrected chi connectivity index (χ0v) is 12.1. The topological polar surface area (TPSA) is 79.5 Å². The number of hydrogen-bond donors (Lipinski definition) is 2. The average molecular weight is 344 g/mol. The van der Waals surface area contributed by atoms with Crippen LogP contribution < -0.4 is 5.32 Å². The van der Waals surface area contributed by atoms with E-state index in [2.05, 4.69) is 21.2 Å². The smallest absolute Gasteiger partial charge is 0.339 e. The van der Waals surface area contributed by atoms with Gasteiger partial charge in [0.2, 0.25) is 5.91 Å².